The molecule has 2 N–H and O–H groups in total. The molecule has 0 radical (unpaired) electrons. The van der Waals surface area contributed by atoms with E-state index >= 15 is 0 Å². The van der Waals surface area contributed by atoms with Gasteiger partial charge in [-0.3, -0.25) is 4.79 Å². The Balaban J connectivity index is 1.49. The zero-order valence-electron chi connectivity index (χ0n) is 19.2. The number of carbonyl (C=O) groups is 1. The van der Waals surface area contributed by atoms with Crippen molar-refractivity contribution in [1.29, 1.82) is 0 Å². The van der Waals surface area contributed by atoms with Gasteiger partial charge < -0.3 is 19.9 Å². The molecule has 1 aliphatic rings. The monoisotopic (exact) mass is 471 g/mol. The molecule has 11 nitrogen and oxygen atoms in total. The molecule has 1 saturated carbocycles. The number of hydrogen-bond acceptors (Lipinski definition) is 9. The zero-order chi connectivity index (χ0) is 24.2. The Morgan fingerprint density at radius 2 is 2.15 bits per heavy atom. The first-order chi connectivity index (χ1) is 16.4. The number of halogens is 1. The van der Waals surface area contributed by atoms with Crippen molar-refractivity contribution < 1.29 is 23.8 Å². The molecule has 3 heterocycles. The van der Waals surface area contributed by atoms with Crippen molar-refractivity contribution in [3.8, 4) is 23.0 Å². The number of pyridine rings is 1. The fourth-order valence-corrected chi connectivity index (χ4v) is 3.98. The number of rotatable bonds is 8. The van der Waals surface area contributed by atoms with Gasteiger partial charge in [-0.15, -0.1) is 5.10 Å². The number of aryl methyl sites for hydroxylation is 2. The summed E-state index contributed by atoms with van der Waals surface area (Å²) in [5, 5.41) is 20.7. The molecule has 0 saturated heterocycles. The van der Waals surface area contributed by atoms with Crippen LogP contribution in [0.1, 0.15) is 37.1 Å². The summed E-state index contributed by atoms with van der Waals surface area (Å²) in [6, 6.07) is 3.62. The van der Waals surface area contributed by atoms with E-state index < -0.39 is 11.8 Å². The van der Waals surface area contributed by atoms with E-state index in [-0.39, 0.29) is 30.4 Å². The summed E-state index contributed by atoms with van der Waals surface area (Å²) < 4.78 is 26.1. The molecule has 0 bridgehead atoms. The Morgan fingerprint density at radius 3 is 2.88 bits per heavy atom. The Hall–Kier alpha value is -3.83. The molecular weight excluding hydrogens is 445 g/mol. The molecule has 0 spiro atoms. The minimum atomic E-state index is -0.772. The van der Waals surface area contributed by atoms with Crippen LogP contribution in [-0.4, -0.2) is 54.2 Å². The molecule has 180 valence electrons. The topological polar surface area (TPSA) is 137 Å². The average molecular weight is 471 g/mol. The normalized spacial score (nSPS) is 17.9. The first-order valence-corrected chi connectivity index (χ1v) is 10.9. The molecule has 0 aliphatic heterocycles. The molecule has 4 rings (SSSR count). The molecule has 0 aromatic carbocycles. The van der Waals surface area contributed by atoms with Crippen molar-refractivity contribution in [2.45, 2.75) is 45.3 Å². The largest absolute Gasteiger partial charge is 0.489 e. The van der Waals surface area contributed by atoms with Gasteiger partial charge in [-0.05, 0) is 44.7 Å². The van der Waals surface area contributed by atoms with Gasteiger partial charge in [0.15, 0.2) is 0 Å². The van der Waals surface area contributed by atoms with Gasteiger partial charge in [-0.2, -0.15) is 9.37 Å². The highest BCUT2D eigenvalue weighted by Gasteiger charge is 2.28. The number of carboxylic acid groups (broad SMARTS) is 1. The van der Waals surface area contributed by atoms with Gasteiger partial charge in [-0.25, -0.2) is 14.6 Å². The van der Waals surface area contributed by atoms with Crippen LogP contribution >= 0.6 is 0 Å². The molecule has 0 unspecified atom stereocenters. The minimum Gasteiger partial charge on any atom is -0.489 e. The number of nitrogens with zero attached hydrogens (tertiary/aromatic N) is 6. The van der Waals surface area contributed by atoms with Gasteiger partial charge in [0.2, 0.25) is 11.8 Å². The van der Waals surface area contributed by atoms with E-state index in [1.54, 1.807) is 17.8 Å². The predicted octanol–water partition coefficient (Wildman–Crippen LogP) is 2.76. The number of aromatic nitrogens is 6. The van der Waals surface area contributed by atoms with Crippen LogP contribution in [0.4, 0.5) is 10.3 Å². The summed E-state index contributed by atoms with van der Waals surface area (Å²) in [5.74, 6) is -1.12. The fraction of sp³-hybridized carbons (Fsp3) is 0.455. The van der Waals surface area contributed by atoms with Crippen molar-refractivity contribution >= 4 is 11.9 Å². The lowest BCUT2D eigenvalue weighted by Crippen LogP contribution is -2.29. The zero-order valence-corrected chi connectivity index (χ0v) is 19.2. The van der Waals surface area contributed by atoms with E-state index in [1.807, 2.05) is 13.0 Å². The van der Waals surface area contributed by atoms with Crippen molar-refractivity contribution in [2.75, 3.05) is 12.4 Å². The lowest BCUT2D eigenvalue weighted by atomic mass is 9.87. The van der Waals surface area contributed by atoms with Gasteiger partial charge >= 0.3 is 5.97 Å². The van der Waals surface area contributed by atoms with Crippen molar-refractivity contribution in [2.24, 2.45) is 13.0 Å². The van der Waals surface area contributed by atoms with Gasteiger partial charge in [0.05, 0.1) is 49.0 Å². The van der Waals surface area contributed by atoms with Crippen LogP contribution in [0.5, 0.6) is 11.6 Å². The summed E-state index contributed by atoms with van der Waals surface area (Å²) in [6.45, 7) is 2.11. The molecule has 34 heavy (non-hydrogen) atoms. The molecule has 2 atom stereocenters. The van der Waals surface area contributed by atoms with Crippen LogP contribution in [0, 0.1) is 18.7 Å². The van der Waals surface area contributed by atoms with E-state index in [0.29, 0.717) is 35.7 Å². The van der Waals surface area contributed by atoms with Crippen LogP contribution in [-0.2, 0) is 18.4 Å². The van der Waals surface area contributed by atoms with Crippen LogP contribution in [0.2, 0.25) is 0 Å². The number of ether oxygens (including phenoxy) is 2. The maximum Gasteiger partial charge on any atom is 0.306 e. The van der Waals surface area contributed by atoms with Gasteiger partial charge in [0.25, 0.3) is 5.88 Å². The summed E-state index contributed by atoms with van der Waals surface area (Å²) in [4.78, 5) is 23.9. The molecule has 0 amide bonds. The van der Waals surface area contributed by atoms with Crippen LogP contribution in [0.3, 0.4) is 0 Å². The first-order valence-electron chi connectivity index (χ1n) is 10.9. The van der Waals surface area contributed by atoms with E-state index in [0.717, 1.165) is 24.7 Å². The number of hydrogen-bond donors (Lipinski definition) is 2. The standard InChI is InChI=1S/C22H26FN7O4/c1-12-18(34-14-6-4-5-13(9-14)21(31)32)8-7-16(26-12)19-17(30(2)29-28-19)11-25-22-24-10-15(23)20(27-22)33-3/h7-8,10,13-14H,4-6,9,11H2,1-3H3,(H,31,32)(H,24,25,27)/t13-,14-/m0/s1. The summed E-state index contributed by atoms with van der Waals surface area (Å²) in [6.07, 6.45) is 3.71. The van der Waals surface area contributed by atoms with E-state index in [1.165, 1.54) is 7.11 Å². The van der Waals surface area contributed by atoms with Crippen LogP contribution in [0.25, 0.3) is 11.4 Å². The highest BCUT2D eigenvalue weighted by atomic mass is 19.1. The molecular formula is C22H26FN7O4. The van der Waals surface area contributed by atoms with E-state index in [9.17, 15) is 14.3 Å². The summed E-state index contributed by atoms with van der Waals surface area (Å²) in [7, 11) is 3.09. The summed E-state index contributed by atoms with van der Waals surface area (Å²) in [5.41, 5.74) is 2.58. The number of aliphatic carboxylic acids is 1. The molecule has 3 aromatic heterocycles. The Morgan fingerprint density at radius 1 is 1.32 bits per heavy atom. The third kappa shape index (κ3) is 5.05. The molecule has 12 heteroatoms. The van der Waals surface area contributed by atoms with Crippen molar-refractivity contribution in [3.05, 3.63) is 35.5 Å². The number of methoxy groups -OCH3 is 1. The highest BCUT2D eigenvalue weighted by molar-refractivity contribution is 5.70. The van der Waals surface area contributed by atoms with Gasteiger partial charge in [-0.1, -0.05) is 5.21 Å². The molecule has 1 aliphatic carbocycles. The van der Waals surface area contributed by atoms with Crippen LogP contribution < -0.4 is 14.8 Å². The Kier molecular flexibility index (Phi) is 6.85. The van der Waals surface area contributed by atoms with Crippen LogP contribution in [0.15, 0.2) is 18.3 Å². The van der Waals surface area contributed by atoms with Crippen molar-refractivity contribution in [3.63, 3.8) is 0 Å². The van der Waals surface area contributed by atoms with Gasteiger partial charge in [0, 0.05) is 7.05 Å². The Bertz CT molecular complexity index is 1190. The molecule has 3 aromatic rings. The second-order valence-electron chi connectivity index (χ2n) is 8.13. The smallest absolute Gasteiger partial charge is 0.306 e. The summed E-state index contributed by atoms with van der Waals surface area (Å²) >= 11 is 0. The maximum absolute atomic E-state index is 13.6. The Labute approximate surface area is 195 Å². The average Bonchev–Trinajstić information content (AvgIpc) is 3.20. The number of carboxylic acids is 1. The number of nitrogens with one attached hydrogen (secondary N) is 1. The minimum absolute atomic E-state index is 0.148. The third-order valence-corrected chi connectivity index (χ3v) is 5.81. The second kappa shape index (κ2) is 9.98. The first kappa shape index (κ1) is 23.3. The molecule has 1 fully saturated rings. The lowest BCUT2D eigenvalue weighted by Gasteiger charge is -2.27. The van der Waals surface area contributed by atoms with E-state index in [2.05, 4.69) is 30.6 Å². The SMILES string of the molecule is COc1nc(NCc2c(-c3ccc(O[C@H]4CCC[C@H](C(=O)O)C4)c(C)n3)nnn2C)ncc1F. The lowest BCUT2D eigenvalue weighted by molar-refractivity contribution is -0.143. The quantitative estimate of drug-likeness (QED) is 0.504. The maximum atomic E-state index is 13.6. The predicted molar refractivity (Wildman–Crippen MR) is 119 cm³/mol. The van der Waals surface area contributed by atoms with Crippen molar-refractivity contribution in [1.82, 2.24) is 29.9 Å². The fourth-order valence-electron chi connectivity index (χ4n) is 3.98. The highest BCUT2D eigenvalue weighted by Crippen LogP contribution is 2.30. The second-order valence-corrected chi connectivity index (χ2v) is 8.13. The van der Waals surface area contributed by atoms with E-state index in [4.69, 9.17) is 9.47 Å². The van der Waals surface area contributed by atoms with Gasteiger partial charge in [0.1, 0.15) is 11.4 Å². The number of anilines is 1. The third-order valence-electron chi connectivity index (χ3n) is 5.81.